The molecule has 0 aliphatic heterocycles. The van der Waals surface area contributed by atoms with Gasteiger partial charge in [0, 0.05) is 12.1 Å². The molecule has 0 heterocycles. The predicted molar refractivity (Wildman–Crippen MR) is 94.8 cm³/mol. The molecular weight excluding hydrogens is 304 g/mol. The van der Waals surface area contributed by atoms with Crippen molar-refractivity contribution < 1.29 is 14.3 Å². The molecule has 2 aromatic carbocycles. The van der Waals surface area contributed by atoms with Crippen molar-refractivity contribution in [3.05, 3.63) is 59.2 Å². The Morgan fingerprint density at radius 1 is 1.08 bits per heavy atom. The first kappa shape index (κ1) is 17.5. The molecule has 0 saturated heterocycles. The first-order valence-electron chi connectivity index (χ1n) is 7.90. The third kappa shape index (κ3) is 4.13. The van der Waals surface area contributed by atoms with Gasteiger partial charge in [0.05, 0.1) is 18.4 Å². The second-order valence-electron chi connectivity index (χ2n) is 5.44. The summed E-state index contributed by atoms with van der Waals surface area (Å²) >= 11 is 0. The van der Waals surface area contributed by atoms with Crippen LogP contribution in [-0.2, 0) is 0 Å². The van der Waals surface area contributed by atoms with Gasteiger partial charge in [-0.05, 0) is 43.2 Å². The van der Waals surface area contributed by atoms with Gasteiger partial charge in [0.25, 0.3) is 11.8 Å². The van der Waals surface area contributed by atoms with E-state index < -0.39 is 0 Å². The summed E-state index contributed by atoms with van der Waals surface area (Å²) in [4.78, 5) is 24.7. The van der Waals surface area contributed by atoms with E-state index in [1.807, 2.05) is 19.9 Å². The first-order valence-corrected chi connectivity index (χ1v) is 7.90. The number of aryl methyl sites for hydroxylation is 1. The molecule has 0 aliphatic carbocycles. The quantitative estimate of drug-likeness (QED) is 0.855. The van der Waals surface area contributed by atoms with Crippen LogP contribution in [-0.4, -0.2) is 25.5 Å². The predicted octanol–water partition coefficient (Wildman–Crippen LogP) is 3.40. The minimum atomic E-state index is -0.288. The number of carbonyl (C=O) groups is 2. The minimum absolute atomic E-state index is 0.200. The number of amides is 2. The summed E-state index contributed by atoms with van der Waals surface area (Å²) < 4.78 is 5.25. The summed E-state index contributed by atoms with van der Waals surface area (Å²) in [5, 5.41) is 5.62. The van der Waals surface area contributed by atoms with Crippen LogP contribution >= 0.6 is 0 Å². The summed E-state index contributed by atoms with van der Waals surface area (Å²) in [5.74, 6) is 0.162. The number of ether oxygens (including phenoxy) is 1. The smallest absolute Gasteiger partial charge is 0.255 e. The fourth-order valence-corrected chi connectivity index (χ4v) is 2.28. The molecule has 2 rings (SSSR count). The molecule has 2 amide bonds. The van der Waals surface area contributed by atoms with E-state index in [4.69, 9.17) is 4.74 Å². The lowest BCUT2D eigenvalue weighted by Crippen LogP contribution is -2.25. The molecule has 5 nitrogen and oxygen atoms in total. The van der Waals surface area contributed by atoms with E-state index in [2.05, 4.69) is 10.6 Å². The van der Waals surface area contributed by atoms with Crippen molar-refractivity contribution in [2.75, 3.05) is 19.0 Å². The lowest BCUT2D eigenvalue weighted by molar-refractivity contribution is 0.0954. The summed E-state index contributed by atoms with van der Waals surface area (Å²) in [6, 6.07) is 12.2. The lowest BCUT2D eigenvalue weighted by atomic mass is 10.1. The second-order valence-corrected chi connectivity index (χ2v) is 5.44. The largest absolute Gasteiger partial charge is 0.496 e. The molecule has 0 radical (unpaired) electrons. The molecule has 0 atom stereocenters. The summed E-state index contributed by atoms with van der Waals surface area (Å²) in [5.41, 5.74) is 2.35. The zero-order valence-electron chi connectivity index (χ0n) is 14.2. The molecule has 0 aliphatic rings. The number of nitrogens with one attached hydrogen (secondary N) is 2. The Hall–Kier alpha value is -2.82. The van der Waals surface area contributed by atoms with Gasteiger partial charge in [-0.2, -0.15) is 0 Å². The Bertz CT molecular complexity index is 741. The maximum atomic E-state index is 12.5. The summed E-state index contributed by atoms with van der Waals surface area (Å²) in [7, 11) is 1.57. The molecule has 0 saturated carbocycles. The van der Waals surface area contributed by atoms with E-state index in [0.29, 0.717) is 29.1 Å². The van der Waals surface area contributed by atoms with Gasteiger partial charge in [-0.3, -0.25) is 9.59 Å². The van der Waals surface area contributed by atoms with Gasteiger partial charge in [0.1, 0.15) is 5.75 Å². The van der Waals surface area contributed by atoms with Crippen LogP contribution in [0, 0.1) is 6.92 Å². The number of hydrogen-bond acceptors (Lipinski definition) is 3. The third-order valence-electron chi connectivity index (χ3n) is 3.63. The van der Waals surface area contributed by atoms with Gasteiger partial charge in [-0.1, -0.05) is 25.1 Å². The maximum Gasteiger partial charge on any atom is 0.255 e. The van der Waals surface area contributed by atoms with Crippen molar-refractivity contribution in [3.63, 3.8) is 0 Å². The third-order valence-corrected chi connectivity index (χ3v) is 3.63. The van der Waals surface area contributed by atoms with E-state index in [9.17, 15) is 9.59 Å². The van der Waals surface area contributed by atoms with Crippen molar-refractivity contribution in [2.45, 2.75) is 20.3 Å². The van der Waals surface area contributed by atoms with E-state index >= 15 is 0 Å². The minimum Gasteiger partial charge on any atom is -0.496 e. The number of hydrogen-bond donors (Lipinski definition) is 2. The Labute approximate surface area is 142 Å². The number of benzene rings is 2. The maximum absolute atomic E-state index is 12.5. The standard InChI is InChI=1S/C19H22N2O3/c1-4-11-20-19(23)15-7-5-6-8-16(15)21-18(22)14-10-9-13(2)17(12-14)24-3/h5-10,12H,4,11H2,1-3H3,(H,20,23)(H,21,22). The summed E-state index contributed by atoms with van der Waals surface area (Å²) in [6.45, 7) is 4.49. The van der Waals surface area contributed by atoms with Crippen LogP contribution in [0.1, 0.15) is 39.6 Å². The second kappa shape index (κ2) is 8.15. The highest BCUT2D eigenvalue weighted by Crippen LogP contribution is 2.21. The normalized spacial score (nSPS) is 10.1. The molecule has 5 heteroatoms. The van der Waals surface area contributed by atoms with E-state index in [0.717, 1.165) is 12.0 Å². The van der Waals surface area contributed by atoms with Gasteiger partial charge in [-0.25, -0.2) is 0 Å². The molecule has 2 N–H and O–H groups in total. The van der Waals surface area contributed by atoms with Gasteiger partial charge >= 0.3 is 0 Å². The van der Waals surface area contributed by atoms with Crippen molar-refractivity contribution in [1.29, 1.82) is 0 Å². The van der Waals surface area contributed by atoms with Crippen LogP contribution in [0.2, 0.25) is 0 Å². The van der Waals surface area contributed by atoms with Crippen molar-refractivity contribution in [2.24, 2.45) is 0 Å². The lowest BCUT2D eigenvalue weighted by Gasteiger charge is -2.12. The van der Waals surface area contributed by atoms with Crippen molar-refractivity contribution in [1.82, 2.24) is 5.32 Å². The average molecular weight is 326 g/mol. The van der Waals surface area contributed by atoms with E-state index in [1.54, 1.807) is 43.5 Å². The molecule has 2 aromatic rings. The SMILES string of the molecule is CCCNC(=O)c1ccccc1NC(=O)c1ccc(C)c(OC)c1. The number of methoxy groups -OCH3 is 1. The average Bonchev–Trinajstić information content (AvgIpc) is 2.60. The highest BCUT2D eigenvalue weighted by molar-refractivity contribution is 6.09. The van der Waals surface area contributed by atoms with Crippen LogP contribution < -0.4 is 15.4 Å². The zero-order chi connectivity index (χ0) is 17.5. The van der Waals surface area contributed by atoms with Gasteiger partial charge in [-0.15, -0.1) is 0 Å². The number of anilines is 1. The Kier molecular flexibility index (Phi) is 5.95. The molecular formula is C19H22N2O3. The molecule has 0 spiro atoms. The highest BCUT2D eigenvalue weighted by atomic mass is 16.5. The van der Waals surface area contributed by atoms with Crippen LogP contribution in [0.5, 0.6) is 5.75 Å². The van der Waals surface area contributed by atoms with Crippen LogP contribution in [0.25, 0.3) is 0 Å². The van der Waals surface area contributed by atoms with Crippen LogP contribution in [0.3, 0.4) is 0 Å². The summed E-state index contributed by atoms with van der Waals surface area (Å²) in [6.07, 6.45) is 0.851. The van der Waals surface area contributed by atoms with Crippen LogP contribution in [0.15, 0.2) is 42.5 Å². The van der Waals surface area contributed by atoms with E-state index in [-0.39, 0.29) is 11.8 Å². The zero-order valence-corrected chi connectivity index (χ0v) is 14.2. The fraction of sp³-hybridized carbons (Fsp3) is 0.263. The molecule has 126 valence electrons. The molecule has 0 fully saturated rings. The van der Waals surface area contributed by atoms with Crippen molar-refractivity contribution in [3.8, 4) is 5.75 Å². The first-order chi connectivity index (χ1) is 11.6. The number of carbonyl (C=O) groups excluding carboxylic acids is 2. The Morgan fingerprint density at radius 2 is 1.83 bits per heavy atom. The Balaban J connectivity index is 2.22. The topological polar surface area (TPSA) is 67.4 Å². The molecule has 24 heavy (non-hydrogen) atoms. The number of para-hydroxylation sites is 1. The molecule has 0 aromatic heterocycles. The van der Waals surface area contributed by atoms with Gasteiger partial charge in [0.15, 0.2) is 0 Å². The fourth-order valence-electron chi connectivity index (χ4n) is 2.28. The number of rotatable bonds is 6. The Morgan fingerprint density at radius 3 is 2.54 bits per heavy atom. The molecule has 0 unspecified atom stereocenters. The van der Waals surface area contributed by atoms with E-state index in [1.165, 1.54) is 0 Å². The highest BCUT2D eigenvalue weighted by Gasteiger charge is 2.14. The van der Waals surface area contributed by atoms with Crippen LogP contribution in [0.4, 0.5) is 5.69 Å². The van der Waals surface area contributed by atoms with Gasteiger partial charge in [0.2, 0.25) is 0 Å². The molecule has 0 bridgehead atoms. The van der Waals surface area contributed by atoms with Gasteiger partial charge < -0.3 is 15.4 Å². The van der Waals surface area contributed by atoms with Crippen molar-refractivity contribution >= 4 is 17.5 Å². The monoisotopic (exact) mass is 326 g/mol.